The molecule has 1 heterocycles. The van der Waals surface area contributed by atoms with E-state index in [0.717, 1.165) is 0 Å². The van der Waals surface area contributed by atoms with Crippen molar-refractivity contribution in [1.82, 2.24) is 0 Å². The fourth-order valence-corrected chi connectivity index (χ4v) is 0.832. The number of hydrogen-bond acceptors (Lipinski definition) is 4. The average Bonchev–Trinajstić information content (AvgIpc) is 2.78. The van der Waals surface area contributed by atoms with Crippen molar-refractivity contribution in [1.29, 1.82) is 10.5 Å². The van der Waals surface area contributed by atoms with E-state index in [1.165, 1.54) is 0 Å². The van der Waals surface area contributed by atoms with Crippen LogP contribution >= 0.6 is 0 Å². The lowest BCUT2D eigenvalue weighted by molar-refractivity contribution is -0.108. The molecule has 0 amide bonds. The van der Waals surface area contributed by atoms with E-state index in [0.29, 0.717) is 12.7 Å². The monoisotopic (exact) mass is 150 g/mol. The third kappa shape index (κ3) is 1.76. The minimum absolute atomic E-state index is 0.197. The summed E-state index contributed by atoms with van der Waals surface area (Å²) in [4.78, 5) is 10.0. The number of carbonyl (C=O) groups excluding carboxylic acids is 1. The first-order chi connectivity index (χ1) is 5.31. The molecule has 1 saturated heterocycles. The van der Waals surface area contributed by atoms with E-state index in [2.05, 4.69) is 0 Å². The number of hydrogen-bond donors (Lipinski definition) is 0. The Kier molecular flexibility index (Phi) is 2.20. The van der Waals surface area contributed by atoms with Gasteiger partial charge >= 0.3 is 0 Å². The summed E-state index contributed by atoms with van der Waals surface area (Å²) in [6, 6.07) is 3.62. The normalized spacial score (nSPS) is 27.2. The van der Waals surface area contributed by atoms with Crippen molar-refractivity contribution in [2.45, 2.75) is 18.6 Å². The maximum Gasteiger partial charge on any atom is 0.151 e. The second-order valence-corrected chi connectivity index (χ2v) is 2.32. The number of ether oxygens (including phenoxy) is 1. The zero-order valence-electron chi connectivity index (χ0n) is 5.73. The van der Waals surface area contributed by atoms with Crippen LogP contribution in [0.4, 0.5) is 0 Å². The molecule has 0 aliphatic carbocycles. The molecule has 4 heteroatoms. The summed E-state index contributed by atoms with van der Waals surface area (Å²) in [5.41, 5.74) is 0. The van der Waals surface area contributed by atoms with Crippen LogP contribution in [-0.4, -0.2) is 18.5 Å². The van der Waals surface area contributed by atoms with Crippen LogP contribution in [0.15, 0.2) is 0 Å². The smallest absolute Gasteiger partial charge is 0.151 e. The van der Waals surface area contributed by atoms with Crippen molar-refractivity contribution in [3.8, 4) is 12.1 Å². The van der Waals surface area contributed by atoms with Crippen LogP contribution in [0.5, 0.6) is 0 Å². The fourth-order valence-electron chi connectivity index (χ4n) is 0.832. The third-order valence-electron chi connectivity index (χ3n) is 1.54. The topological polar surface area (TPSA) is 77.2 Å². The molecule has 0 radical (unpaired) electrons. The molecule has 0 aromatic rings. The quantitative estimate of drug-likeness (QED) is 0.419. The van der Waals surface area contributed by atoms with E-state index in [9.17, 15) is 4.79 Å². The molecule has 1 aliphatic heterocycles. The molecule has 0 bridgehead atoms. The summed E-state index contributed by atoms with van der Waals surface area (Å²) in [7, 11) is 0. The zero-order valence-corrected chi connectivity index (χ0v) is 5.73. The lowest BCUT2D eigenvalue weighted by atomic mass is 10.1. The van der Waals surface area contributed by atoms with Crippen LogP contribution in [0.1, 0.15) is 6.42 Å². The van der Waals surface area contributed by atoms with E-state index >= 15 is 0 Å². The van der Waals surface area contributed by atoms with Gasteiger partial charge in [-0.2, -0.15) is 10.5 Å². The van der Waals surface area contributed by atoms with Gasteiger partial charge in [0.15, 0.2) is 6.29 Å². The Hall–Kier alpha value is -1.39. The molecule has 0 aromatic heterocycles. The average molecular weight is 150 g/mol. The van der Waals surface area contributed by atoms with E-state index in [4.69, 9.17) is 15.3 Å². The van der Waals surface area contributed by atoms with Crippen molar-refractivity contribution in [2.24, 2.45) is 5.92 Å². The van der Waals surface area contributed by atoms with E-state index < -0.39 is 5.92 Å². The van der Waals surface area contributed by atoms with E-state index in [1.54, 1.807) is 0 Å². The molecule has 1 aliphatic rings. The first kappa shape index (κ1) is 7.71. The van der Waals surface area contributed by atoms with Crippen molar-refractivity contribution in [3.63, 3.8) is 0 Å². The van der Waals surface area contributed by atoms with Crippen LogP contribution in [0.2, 0.25) is 0 Å². The zero-order chi connectivity index (χ0) is 8.27. The molecule has 0 unspecified atom stereocenters. The second-order valence-electron chi connectivity index (χ2n) is 2.32. The number of aldehydes is 1. The molecule has 2 atom stereocenters. The highest BCUT2D eigenvalue weighted by Crippen LogP contribution is 2.26. The summed E-state index contributed by atoms with van der Waals surface area (Å²) in [5, 5.41) is 16.7. The molecular formula is C7H6N2O2. The van der Waals surface area contributed by atoms with Crippen molar-refractivity contribution < 1.29 is 9.53 Å². The highest BCUT2D eigenvalue weighted by atomic mass is 16.6. The van der Waals surface area contributed by atoms with Crippen LogP contribution in [0, 0.1) is 28.6 Å². The molecule has 0 saturated carbocycles. The first-order valence-corrected chi connectivity index (χ1v) is 3.21. The molecule has 0 spiro atoms. The molecule has 0 aromatic carbocycles. The summed E-state index contributed by atoms with van der Waals surface area (Å²) < 4.78 is 4.83. The Morgan fingerprint density at radius 1 is 1.55 bits per heavy atom. The molecule has 4 nitrogen and oxygen atoms in total. The third-order valence-corrected chi connectivity index (χ3v) is 1.54. The van der Waals surface area contributed by atoms with Gasteiger partial charge in [-0.25, -0.2) is 0 Å². The van der Waals surface area contributed by atoms with Gasteiger partial charge in [-0.15, -0.1) is 0 Å². The van der Waals surface area contributed by atoms with Crippen LogP contribution in [0.25, 0.3) is 0 Å². The number of carbonyl (C=O) groups is 1. The van der Waals surface area contributed by atoms with Gasteiger partial charge in [0.25, 0.3) is 0 Å². The Morgan fingerprint density at radius 3 is 2.55 bits per heavy atom. The summed E-state index contributed by atoms with van der Waals surface area (Å²) in [5.74, 6) is -0.648. The molecule has 1 rings (SSSR count). The highest BCUT2D eigenvalue weighted by Gasteiger charge is 2.40. The minimum Gasteiger partial charge on any atom is -0.362 e. The largest absolute Gasteiger partial charge is 0.362 e. The minimum atomic E-state index is -0.648. The van der Waals surface area contributed by atoms with Gasteiger partial charge in [-0.3, -0.25) is 0 Å². The maximum absolute atomic E-state index is 10.0. The van der Waals surface area contributed by atoms with Crippen molar-refractivity contribution >= 4 is 6.29 Å². The van der Waals surface area contributed by atoms with Gasteiger partial charge in [-0.05, 0) is 0 Å². The van der Waals surface area contributed by atoms with E-state index in [1.807, 2.05) is 12.1 Å². The summed E-state index contributed by atoms with van der Waals surface area (Å²) in [6.07, 6.45) is 0.461. The maximum atomic E-state index is 10.0. The molecule has 11 heavy (non-hydrogen) atoms. The van der Waals surface area contributed by atoms with Gasteiger partial charge in [0, 0.05) is 6.42 Å². The Balaban J connectivity index is 2.29. The highest BCUT2D eigenvalue weighted by molar-refractivity contribution is 5.60. The van der Waals surface area contributed by atoms with Gasteiger partial charge in [0.05, 0.1) is 18.2 Å². The number of nitrogens with zero attached hydrogens (tertiary/aromatic N) is 2. The molecule has 0 N–H and O–H groups in total. The summed E-state index contributed by atoms with van der Waals surface area (Å²) in [6.45, 7) is 0. The summed E-state index contributed by atoms with van der Waals surface area (Å²) >= 11 is 0. The lowest BCUT2D eigenvalue weighted by Crippen LogP contribution is -2.02. The van der Waals surface area contributed by atoms with Gasteiger partial charge in [0.1, 0.15) is 12.0 Å². The van der Waals surface area contributed by atoms with Gasteiger partial charge in [0.2, 0.25) is 0 Å². The van der Waals surface area contributed by atoms with Gasteiger partial charge < -0.3 is 9.53 Å². The SMILES string of the molecule is N#CC(C#N)C[C@H]1O[C@@H]1C=O. The van der Waals surface area contributed by atoms with E-state index in [-0.39, 0.29) is 12.2 Å². The fraction of sp³-hybridized carbons (Fsp3) is 0.571. The van der Waals surface area contributed by atoms with Crippen LogP contribution < -0.4 is 0 Å². The predicted molar refractivity (Wildman–Crippen MR) is 34.1 cm³/mol. The standard InChI is InChI=1S/C7H6N2O2/c8-2-5(3-9)1-6-7(4-10)11-6/h4-7H,1H2/t6-,7-/m1/s1. The van der Waals surface area contributed by atoms with Crippen molar-refractivity contribution in [3.05, 3.63) is 0 Å². The number of epoxide rings is 1. The molecule has 56 valence electrons. The Labute approximate surface area is 64.0 Å². The molecule has 1 fully saturated rings. The predicted octanol–water partition coefficient (Wildman–Crippen LogP) is 0.00616. The Bertz CT molecular complexity index is 224. The number of nitriles is 2. The van der Waals surface area contributed by atoms with Gasteiger partial charge in [-0.1, -0.05) is 0 Å². The van der Waals surface area contributed by atoms with Crippen molar-refractivity contribution in [2.75, 3.05) is 0 Å². The first-order valence-electron chi connectivity index (χ1n) is 3.21. The Morgan fingerprint density at radius 2 is 2.18 bits per heavy atom. The lowest BCUT2D eigenvalue weighted by Gasteiger charge is -1.91. The number of rotatable bonds is 3. The van der Waals surface area contributed by atoms with Crippen LogP contribution in [-0.2, 0) is 9.53 Å². The van der Waals surface area contributed by atoms with Crippen LogP contribution in [0.3, 0.4) is 0 Å². The molecular weight excluding hydrogens is 144 g/mol. The second kappa shape index (κ2) is 3.14.